The van der Waals surface area contributed by atoms with Gasteiger partial charge in [-0.1, -0.05) is 11.6 Å². The first-order chi connectivity index (χ1) is 14.0. The van der Waals surface area contributed by atoms with Crippen LogP contribution < -0.4 is 10.1 Å². The van der Waals surface area contributed by atoms with Gasteiger partial charge in [0.05, 0.1) is 18.2 Å². The second-order valence-electron chi connectivity index (χ2n) is 5.94. The Morgan fingerprint density at radius 2 is 1.24 bits per heavy atom. The largest absolute Gasteiger partial charge is 0.465 e. The molecule has 0 unspecified atom stereocenters. The number of halogens is 1. The van der Waals surface area contributed by atoms with Crippen LogP contribution in [-0.2, 0) is 4.74 Å². The van der Waals surface area contributed by atoms with Gasteiger partial charge in [0.1, 0.15) is 5.75 Å². The Labute approximate surface area is 172 Å². The van der Waals surface area contributed by atoms with Crippen molar-refractivity contribution in [1.29, 1.82) is 0 Å². The van der Waals surface area contributed by atoms with Crippen LogP contribution in [-0.4, -0.2) is 25.0 Å². The second kappa shape index (κ2) is 9.03. The number of hydrogen-bond acceptors (Lipinski definition) is 5. The summed E-state index contributed by atoms with van der Waals surface area (Å²) in [7, 11) is 1.29. The Bertz CT molecular complexity index is 1030. The highest BCUT2D eigenvalue weighted by Gasteiger charge is 2.11. The molecule has 3 aromatic carbocycles. The third-order valence-electron chi connectivity index (χ3n) is 3.97. The SMILES string of the molecule is COC(=O)c1ccc(OC(=O)c2ccc(NC(=O)c3ccc(Cl)cc3)cc2)cc1. The fourth-order valence-electron chi connectivity index (χ4n) is 2.44. The van der Waals surface area contributed by atoms with Crippen molar-refractivity contribution in [1.82, 2.24) is 0 Å². The summed E-state index contributed by atoms with van der Waals surface area (Å²) in [6.45, 7) is 0. The van der Waals surface area contributed by atoms with Gasteiger partial charge in [-0.15, -0.1) is 0 Å². The molecule has 3 aromatic rings. The third-order valence-corrected chi connectivity index (χ3v) is 4.22. The van der Waals surface area contributed by atoms with E-state index in [1.165, 1.54) is 31.4 Å². The maximum atomic E-state index is 12.3. The lowest BCUT2D eigenvalue weighted by atomic mass is 10.2. The number of hydrogen-bond donors (Lipinski definition) is 1. The zero-order valence-corrected chi connectivity index (χ0v) is 16.1. The van der Waals surface area contributed by atoms with E-state index in [1.807, 2.05) is 0 Å². The van der Waals surface area contributed by atoms with E-state index in [4.69, 9.17) is 16.3 Å². The van der Waals surface area contributed by atoms with Gasteiger partial charge < -0.3 is 14.8 Å². The van der Waals surface area contributed by atoms with Crippen molar-refractivity contribution in [3.8, 4) is 5.75 Å². The first kappa shape index (κ1) is 20.1. The van der Waals surface area contributed by atoms with Crippen molar-refractivity contribution in [2.45, 2.75) is 0 Å². The molecule has 0 radical (unpaired) electrons. The average molecular weight is 410 g/mol. The minimum atomic E-state index is -0.564. The lowest BCUT2D eigenvalue weighted by Gasteiger charge is -2.08. The molecule has 0 aliphatic heterocycles. The van der Waals surface area contributed by atoms with Gasteiger partial charge in [0, 0.05) is 16.3 Å². The lowest BCUT2D eigenvalue weighted by Crippen LogP contribution is -2.12. The normalized spacial score (nSPS) is 10.1. The zero-order valence-electron chi connectivity index (χ0n) is 15.3. The van der Waals surface area contributed by atoms with E-state index in [0.717, 1.165) is 0 Å². The first-order valence-corrected chi connectivity index (χ1v) is 8.91. The number of methoxy groups -OCH3 is 1. The Morgan fingerprint density at radius 3 is 1.83 bits per heavy atom. The quantitative estimate of drug-likeness (QED) is 0.492. The molecule has 6 nitrogen and oxygen atoms in total. The molecule has 0 heterocycles. The van der Waals surface area contributed by atoms with Crippen molar-refractivity contribution in [3.63, 3.8) is 0 Å². The standard InChI is InChI=1S/C22H16ClNO5/c1-28-21(26)15-6-12-19(13-7-15)29-22(27)16-4-10-18(11-5-16)24-20(25)14-2-8-17(23)9-3-14/h2-13H,1H3,(H,24,25). The second-order valence-corrected chi connectivity index (χ2v) is 6.38. The molecule has 0 aliphatic carbocycles. The van der Waals surface area contributed by atoms with Gasteiger partial charge in [0.15, 0.2) is 0 Å². The van der Waals surface area contributed by atoms with Crippen LogP contribution in [0.1, 0.15) is 31.1 Å². The van der Waals surface area contributed by atoms with Crippen LogP contribution in [0.15, 0.2) is 72.8 Å². The molecular formula is C22H16ClNO5. The molecule has 0 aromatic heterocycles. The minimum absolute atomic E-state index is 0.289. The monoisotopic (exact) mass is 409 g/mol. The molecule has 0 bridgehead atoms. The molecule has 0 saturated heterocycles. The molecule has 3 rings (SSSR count). The fourth-order valence-corrected chi connectivity index (χ4v) is 2.56. The highest BCUT2D eigenvalue weighted by Crippen LogP contribution is 2.17. The van der Waals surface area contributed by atoms with E-state index >= 15 is 0 Å². The van der Waals surface area contributed by atoms with E-state index in [2.05, 4.69) is 10.1 Å². The third kappa shape index (κ3) is 5.21. The van der Waals surface area contributed by atoms with E-state index < -0.39 is 11.9 Å². The summed E-state index contributed by atoms with van der Waals surface area (Å²) in [5.41, 5.74) is 1.66. The average Bonchev–Trinajstić information content (AvgIpc) is 2.74. The van der Waals surface area contributed by atoms with Crippen LogP contribution >= 0.6 is 11.6 Å². The number of ether oxygens (including phenoxy) is 2. The number of carbonyl (C=O) groups is 3. The van der Waals surface area contributed by atoms with E-state index in [-0.39, 0.29) is 5.91 Å². The predicted molar refractivity (Wildman–Crippen MR) is 109 cm³/mol. The van der Waals surface area contributed by atoms with E-state index in [0.29, 0.717) is 33.1 Å². The van der Waals surface area contributed by atoms with Crippen LogP contribution in [0.25, 0.3) is 0 Å². The van der Waals surface area contributed by atoms with Gasteiger partial charge in [-0.3, -0.25) is 4.79 Å². The lowest BCUT2D eigenvalue weighted by molar-refractivity contribution is 0.0600. The Kier molecular flexibility index (Phi) is 6.26. The summed E-state index contributed by atoms with van der Waals surface area (Å²) in [6, 6.07) is 18.8. The van der Waals surface area contributed by atoms with Crippen LogP contribution in [0, 0.1) is 0 Å². The van der Waals surface area contributed by atoms with Crippen molar-refractivity contribution >= 4 is 35.1 Å². The summed E-state index contributed by atoms with van der Waals surface area (Å²) in [6.07, 6.45) is 0. The van der Waals surface area contributed by atoms with Crippen molar-refractivity contribution in [2.24, 2.45) is 0 Å². The number of amides is 1. The number of rotatable bonds is 5. The molecule has 7 heteroatoms. The Hall–Kier alpha value is -3.64. The molecular weight excluding hydrogens is 394 g/mol. The maximum Gasteiger partial charge on any atom is 0.343 e. The number of benzene rings is 3. The Morgan fingerprint density at radius 1 is 0.724 bits per heavy atom. The number of esters is 2. The van der Waals surface area contributed by atoms with Gasteiger partial charge in [0.25, 0.3) is 5.91 Å². The maximum absolute atomic E-state index is 12.3. The van der Waals surface area contributed by atoms with Crippen LogP contribution in [0.5, 0.6) is 5.75 Å². The number of nitrogens with one attached hydrogen (secondary N) is 1. The van der Waals surface area contributed by atoms with Crippen LogP contribution in [0.3, 0.4) is 0 Å². The van der Waals surface area contributed by atoms with E-state index in [1.54, 1.807) is 48.5 Å². The topological polar surface area (TPSA) is 81.7 Å². The van der Waals surface area contributed by atoms with Crippen molar-refractivity contribution in [3.05, 3.63) is 94.5 Å². The predicted octanol–water partition coefficient (Wildman–Crippen LogP) is 4.60. The van der Waals surface area contributed by atoms with Crippen LogP contribution in [0.2, 0.25) is 5.02 Å². The minimum Gasteiger partial charge on any atom is -0.465 e. The van der Waals surface area contributed by atoms with Gasteiger partial charge in [0.2, 0.25) is 0 Å². The summed E-state index contributed by atoms with van der Waals surface area (Å²) in [4.78, 5) is 35.9. The fraction of sp³-hybridized carbons (Fsp3) is 0.0455. The molecule has 0 fully saturated rings. The molecule has 0 spiro atoms. The smallest absolute Gasteiger partial charge is 0.343 e. The summed E-state index contributed by atoms with van der Waals surface area (Å²) < 4.78 is 9.90. The van der Waals surface area contributed by atoms with Gasteiger partial charge in [-0.25, -0.2) is 9.59 Å². The zero-order chi connectivity index (χ0) is 20.8. The highest BCUT2D eigenvalue weighted by atomic mass is 35.5. The van der Waals surface area contributed by atoms with E-state index in [9.17, 15) is 14.4 Å². The van der Waals surface area contributed by atoms with Gasteiger partial charge in [-0.05, 0) is 72.8 Å². The van der Waals surface area contributed by atoms with Gasteiger partial charge >= 0.3 is 11.9 Å². The summed E-state index contributed by atoms with van der Waals surface area (Å²) >= 11 is 5.81. The highest BCUT2D eigenvalue weighted by molar-refractivity contribution is 6.30. The molecule has 1 amide bonds. The Balaban J connectivity index is 1.61. The van der Waals surface area contributed by atoms with Gasteiger partial charge in [-0.2, -0.15) is 0 Å². The molecule has 0 saturated carbocycles. The van der Waals surface area contributed by atoms with Crippen LogP contribution in [0.4, 0.5) is 5.69 Å². The summed E-state index contributed by atoms with van der Waals surface area (Å²) in [5.74, 6) is -1.03. The summed E-state index contributed by atoms with van der Waals surface area (Å²) in [5, 5.41) is 3.28. The molecule has 29 heavy (non-hydrogen) atoms. The molecule has 146 valence electrons. The number of anilines is 1. The molecule has 0 atom stereocenters. The number of carbonyl (C=O) groups excluding carboxylic acids is 3. The first-order valence-electron chi connectivity index (χ1n) is 8.54. The van der Waals surface area contributed by atoms with Crippen molar-refractivity contribution in [2.75, 3.05) is 12.4 Å². The molecule has 1 N–H and O–H groups in total. The van der Waals surface area contributed by atoms with Crippen molar-refractivity contribution < 1.29 is 23.9 Å². The molecule has 0 aliphatic rings.